The van der Waals surface area contributed by atoms with Crippen LogP contribution in [0.3, 0.4) is 0 Å². The van der Waals surface area contributed by atoms with Crippen molar-refractivity contribution in [1.82, 2.24) is 4.57 Å². The van der Waals surface area contributed by atoms with E-state index in [1.807, 2.05) is 6.92 Å². The molecule has 1 aliphatic rings. The molecule has 0 amide bonds. The molecule has 0 fully saturated rings. The van der Waals surface area contributed by atoms with E-state index >= 15 is 0 Å². The topological polar surface area (TPSA) is 142 Å². The lowest BCUT2D eigenvalue weighted by molar-refractivity contribution is -0.386. The Bertz CT molecular complexity index is 1640. The number of hydrogen-bond donors (Lipinski definition) is 1. The first kappa shape index (κ1) is 26.6. The molecule has 198 valence electrons. The van der Waals surface area contributed by atoms with Crippen LogP contribution in [0.5, 0.6) is 17.2 Å². The van der Waals surface area contributed by atoms with Gasteiger partial charge in [0, 0.05) is 11.6 Å². The predicted octanol–water partition coefficient (Wildman–Crippen LogP) is 2.82. The highest BCUT2D eigenvalue weighted by molar-refractivity contribution is 7.07. The van der Waals surface area contributed by atoms with Crippen molar-refractivity contribution in [2.75, 3.05) is 20.3 Å². The minimum atomic E-state index is -0.876. The third kappa shape index (κ3) is 4.77. The van der Waals surface area contributed by atoms with Crippen molar-refractivity contribution in [3.63, 3.8) is 0 Å². The first-order chi connectivity index (χ1) is 18.2. The van der Waals surface area contributed by atoms with Gasteiger partial charge in [0.15, 0.2) is 10.6 Å². The molecule has 1 aromatic heterocycles. The number of allylic oxidation sites excluding steroid dienone is 1. The number of aromatic nitrogens is 1. The molecule has 38 heavy (non-hydrogen) atoms. The van der Waals surface area contributed by atoms with Crippen LogP contribution in [0.2, 0.25) is 0 Å². The van der Waals surface area contributed by atoms with Crippen LogP contribution in [0.15, 0.2) is 57.5 Å². The number of phenolic OH excluding ortho intramolecular Hbond substituents is 1. The van der Waals surface area contributed by atoms with Crippen LogP contribution in [0.25, 0.3) is 6.08 Å². The van der Waals surface area contributed by atoms with E-state index in [9.17, 15) is 24.8 Å². The van der Waals surface area contributed by atoms with Gasteiger partial charge >= 0.3 is 11.7 Å². The summed E-state index contributed by atoms with van der Waals surface area (Å²) in [6.07, 6.45) is 1.45. The molecule has 0 bridgehead atoms. The predicted molar refractivity (Wildman–Crippen MR) is 139 cm³/mol. The molecule has 0 saturated carbocycles. The Balaban J connectivity index is 1.99. The Hall–Kier alpha value is -4.45. The average molecular weight is 540 g/mol. The molecule has 2 aromatic carbocycles. The number of nitro groups is 1. The fourth-order valence-electron chi connectivity index (χ4n) is 4.22. The van der Waals surface area contributed by atoms with Crippen LogP contribution in [-0.4, -0.2) is 40.9 Å². The normalized spacial score (nSPS) is 15.1. The highest BCUT2D eigenvalue weighted by Gasteiger charge is 2.35. The highest BCUT2D eigenvalue weighted by Crippen LogP contribution is 2.38. The number of carbonyl (C=O) groups is 1. The van der Waals surface area contributed by atoms with Crippen molar-refractivity contribution >= 4 is 29.1 Å². The monoisotopic (exact) mass is 539 g/mol. The van der Waals surface area contributed by atoms with Gasteiger partial charge in [-0.3, -0.25) is 19.5 Å². The van der Waals surface area contributed by atoms with Crippen LogP contribution in [-0.2, 0) is 9.53 Å². The van der Waals surface area contributed by atoms with Crippen molar-refractivity contribution in [3.8, 4) is 17.2 Å². The second kappa shape index (κ2) is 10.9. The van der Waals surface area contributed by atoms with Gasteiger partial charge in [0.05, 0.1) is 41.0 Å². The summed E-state index contributed by atoms with van der Waals surface area (Å²) in [7, 11) is 1.27. The number of nitrogens with zero attached hydrogens (tertiary/aromatic N) is 3. The second-order valence-electron chi connectivity index (χ2n) is 8.12. The number of carbonyl (C=O) groups excluding carboxylic acids is 1. The summed E-state index contributed by atoms with van der Waals surface area (Å²) in [5.41, 5.74) is 0.432. The van der Waals surface area contributed by atoms with Crippen LogP contribution in [0.1, 0.15) is 37.9 Å². The lowest BCUT2D eigenvalue weighted by atomic mass is 9.95. The van der Waals surface area contributed by atoms with Gasteiger partial charge in [0.1, 0.15) is 11.8 Å². The number of rotatable bonds is 8. The van der Waals surface area contributed by atoms with E-state index in [-0.39, 0.29) is 28.0 Å². The smallest absolute Gasteiger partial charge is 0.338 e. The maximum atomic E-state index is 13.8. The number of methoxy groups -OCH3 is 1. The molecule has 11 nitrogen and oxygen atoms in total. The molecule has 1 aliphatic heterocycles. The summed E-state index contributed by atoms with van der Waals surface area (Å²) in [5.74, 6) is -0.816. The van der Waals surface area contributed by atoms with Gasteiger partial charge < -0.3 is 19.3 Å². The maximum absolute atomic E-state index is 13.8. The number of phenols is 1. The lowest BCUT2D eigenvalue weighted by Gasteiger charge is -2.26. The third-order valence-electron chi connectivity index (χ3n) is 5.82. The molecule has 4 rings (SSSR count). The first-order valence-corrected chi connectivity index (χ1v) is 12.5. The van der Waals surface area contributed by atoms with Gasteiger partial charge in [-0.1, -0.05) is 29.5 Å². The van der Waals surface area contributed by atoms with E-state index in [2.05, 4.69) is 4.99 Å². The van der Waals surface area contributed by atoms with Crippen LogP contribution in [0, 0.1) is 10.1 Å². The number of fused-ring (bicyclic) bond motifs is 1. The largest absolute Gasteiger partial charge is 0.500 e. The van der Waals surface area contributed by atoms with E-state index in [4.69, 9.17) is 14.2 Å². The Morgan fingerprint density at radius 3 is 2.63 bits per heavy atom. The molecule has 0 saturated heterocycles. The molecular formula is C26H25N3O8S. The van der Waals surface area contributed by atoms with E-state index in [0.717, 1.165) is 17.4 Å². The van der Waals surface area contributed by atoms with Crippen molar-refractivity contribution in [3.05, 3.63) is 88.6 Å². The standard InChI is InChI=1S/C26H25N3O8S/c1-5-36-18-10-8-7-9-16(18)22-21(25(32)37-6-2)14(3)27-26-28(22)24(31)20(38-26)13-15-11-17(29(33)34)23(30)19(12-15)35-4/h7-13,22,30H,5-6H2,1-4H3/b20-13-/t22-/m1/s1. The van der Waals surface area contributed by atoms with Gasteiger partial charge in [-0.2, -0.15) is 0 Å². The molecule has 1 atom stereocenters. The summed E-state index contributed by atoms with van der Waals surface area (Å²) in [6.45, 7) is 5.71. The quantitative estimate of drug-likeness (QED) is 0.262. The second-order valence-corrected chi connectivity index (χ2v) is 9.13. The van der Waals surface area contributed by atoms with Crippen LogP contribution < -0.4 is 24.4 Å². The van der Waals surface area contributed by atoms with E-state index < -0.39 is 33.9 Å². The molecule has 2 heterocycles. The fourth-order valence-corrected chi connectivity index (χ4v) is 5.27. The van der Waals surface area contributed by atoms with Crippen molar-refractivity contribution in [2.45, 2.75) is 26.8 Å². The third-order valence-corrected chi connectivity index (χ3v) is 6.80. The van der Waals surface area contributed by atoms with Crippen LogP contribution >= 0.6 is 11.3 Å². The van der Waals surface area contributed by atoms with Gasteiger partial charge in [0.25, 0.3) is 5.56 Å². The van der Waals surface area contributed by atoms with E-state index in [0.29, 0.717) is 28.4 Å². The Kier molecular flexibility index (Phi) is 7.62. The first-order valence-electron chi connectivity index (χ1n) is 11.7. The highest BCUT2D eigenvalue weighted by atomic mass is 32.1. The number of thiazole rings is 1. The fraction of sp³-hybridized carbons (Fsp3) is 0.269. The number of aromatic hydroxyl groups is 1. The molecule has 0 aliphatic carbocycles. The zero-order chi connectivity index (χ0) is 27.6. The Morgan fingerprint density at radius 2 is 1.97 bits per heavy atom. The summed E-state index contributed by atoms with van der Waals surface area (Å²) in [4.78, 5) is 42.4. The Morgan fingerprint density at radius 1 is 1.24 bits per heavy atom. The molecule has 0 spiro atoms. The van der Waals surface area contributed by atoms with Gasteiger partial charge in [-0.05, 0) is 44.5 Å². The summed E-state index contributed by atoms with van der Waals surface area (Å²) in [5, 5.41) is 21.5. The number of para-hydroxylation sites is 1. The molecule has 0 unspecified atom stereocenters. The van der Waals surface area contributed by atoms with Gasteiger partial charge in [-0.15, -0.1) is 0 Å². The average Bonchev–Trinajstić information content (AvgIpc) is 3.18. The number of benzene rings is 2. The number of esters is 1. The zero-order valence-electron chi connectivity index (χ0n) is 21.1. The molecule has 3 aromatic rings. The molecular weight excluding hydrogens is 514 g/mol. The van der Waals surface area contributed by atoms with E-state index in [1.165, 1.54) is 23.8 Å². The van der Waals surface area contributed by atoms with Crippen LogP contribution in [0.4, 0.5) is 5.69 Å². The van der Waals surface area contributed by atoms with Crippen molar-refractivity contribution in [2.24, 2.45) is 4.99 Å². The summed E-state index contributed by atoms with van der Waals surface area (Å²) >= 11 is 1.07. The minimum absolute atomic E-state index is 0.109. The number of hydrogen-bond acceptors (Lipinski definition) is 10. The van der Waals surface area contributed by atoms with Crippen molar-refractivity contribution in [1.29, 1.82) is 0 Å². The zero-order valence-corrected chi connectivity index (χ0v) is 21.9. The Labute approximate surface area is 220 Å². The summed E-state index contributed by atoms with van der Waals surface area (Å²) < 4.78 is 17.8. The van der Waals surface area contributed by atoms with E-state index in [1.54, 1.807) is 38.1 Å². The number of nitro benzene ring substituents is 1. The maximum Gasteiger partial charge on any atom is 0.338 e. The molecule has 12 heteroatoms. The minimum Gasteiger partial charge on any atom is -0.500 e. The lowest BCUT2D eigenvalue weighted by Crippen LogP contribution is -2.40. The van der Waals surface area contributed by atoms with Crippen molar-refractivity contribution < 1.29 is 29.0 Å². The SMILES string of the molecule is CCOC(=O)C1=C(C)N=c2s/c(=C\c3cc(OC)c(O)c([N+](=O)[O-])c3)c(=O)n2[C@@H]1c1ccccc1OCC. The van der Waals surface area contributed by atoms with Gasteiger partial charge in [-0.25, -0.2) is 9.79 Å². The number of ether oxygens (including phenoxy) is 3. The van der Waals surface area contributed by atoms with Gasteiger partial charge in [0.2, 0.25) is 5.75 Å². The molecule has 1 N–H and O–H groups in total. The summed E-state index contributed by atoms with van der Waals surface area (Å²) in [6, 6.07) is 8.77. The molecule has 0 radical (unpaired) electrons.